The van der Waals surface area contributed by atoms with E-state index in [-0.39, 0.29) is 12.0 Å². The average Bonchev–Trinajstić information content (AvgIpc) is 2.44. The highest BCUT2D eigenvalue weighted by molar-refractivity contribution is 5.69. The van der Waals surface area contributed by atoms with Crippen LogP contribution in [0.15, 0.2) is 18.2 Å². The van der Waals surface area contributed by atoms with Gasteiger partial charge >= 0.3 is 5.97 Å². The summed E-state index contributed by atoms with van der Waals surface area (Å²) in [5.41, 5.74) is 6.87. The van der Waals surface area contributed by atoms with E-state index in [9.17, 15) is 4.79 Å². The Morgan fingerprint density at radius 1 is 1.35 bits per heavy atom. The Labute approximate surface area is 120 Å². The van der Waals surface area contributed by atoms with Crippen molar-refractivity contribution < 1.29 is 19.0 Å². The maximum absolute atomic E-state index is 11.0. The number of carbonyl (C=O) groups excluding carboxylic acids is 1. The van der Waals surface area contributed by atoms with Gasteiger partial charge < -0.3 is 19.9 Å². The van der Waals surface area contributed by atoms with Crippen LogP contribution in [0.25, 0.3) is 0 Å². The highest BCUT2D eigenvalue weighted by Crippen LogP contribution is 2.26. The Balaban J connectivity index is 2.62. The van der Waals surface area contributed by atoms with E-state index in [0.717, 1.165) is 23.5 Å². The van der Waals surface area contributed by atoms with Crippen molar-refractivity contribution in [2.24, 2.45) is 5.73 Å². The number of nitrogens with two attached hydrogens (primary N) is 1. The second-order valence-electron chi connectivity index (χ2n) is 4.68. The minimum atomic E-state index is -0.227. The molecule has 0 aliphatic carbocycles. The molecule has 0 spiro atoms. The molecule has 0 fully saturated rings. The standard InChI is InChI=1S/C15H23NO4/c1-11(16)9-12-6-7-13(18-2)10-14(12)20-8-4-5-15(17)19-3/h6-7,10-11H,4-5,8-9,16H2,1-3H3. The summed E-state index contributed by atoms with van der Waals surface area (Å²) in [7, 11) is 2.99. The highest BCUT2D eigenvalue weighted by Gasteiger charge is 2.08. The Hall–Kier alpha value is -1.75. The number of hydrogen-bond donors (Lipinski definition) is 1. The smallest absolute Gasteiger partial charge is 0.305 e. The predicted molar refractivity (Wildman–Crippen MR) is 77.1 cm³/mol. The van der Waals surface area contributed by atoms with Crippen LogP contribution in [0.5, 0.6) is 11.5 Å². The maximum atomic E-state index is 11.0. The largest absolute Gasteiger partial charge is 0.497 e. The molecule has 0 heterocycles. The zero-order chi connectivity index (χ0) is 15.0. The zero-order valence-electron chi connectivity index (χ0n) is 12.3. The van der Waals surface area contributed by atoms with E-state index >= 15 is 0 Å². The fourth-order valence-corrected chi connectivity index (χ4v) is 1.81. The van der Waals surface area contributed by atoms with Crippen LogP contribution in [0, 0.1) is 0 Å². The maximum Gasteiger partial charge on any atom is 0.305 e. The van der Waals surface area contributed by atoms with Crippen molar-refractivity contribution in [2.75, 3.05) is 20.8 Å². The van der Waals surface area contributed by atoms with Crippen LogP contribution < -0.4 is 15.2 Å². The first-order chi connectivity index (χ1) is 9.56. The number of methoxy groups -OCH3 is 2. The second kappa shape index (κ2) is 8.43. The summed E-state index contributed by atoms with van der Waals surface area (Å²) in [6.45, 7) is 2.40. The second-order valence-corrected chi connectivity index (χ2v) is 4.68. The summed E-state index contributed by atoms with van der Waals surface area (Å²) in [6.07, 6.45) is 1.70. The monoisotopic (exact) mass is 281 g/mol. The summed E-state index contributed by atoms with van der Waals surface area (Å²) < 4.78 is 15.5. The summed E-state index contributed by atoms with van der Waals surface area (Å²) in [5.74, 6) is 1.27. The van der Waals surface area contributed by atoms with Crippen LogP contribution in [0.1, 0.15) is 25.3 Å². The predicted octanol–water partition coefficient (Wildman–Crippen LogP) is 1.92. The Kier molecular flexibility index (Phi) is 6.87. The molecule has 0 aliphatic rings. The third-order valence-electron chi connectivity index (χ3n) is 2.83. The molecule has 1 aromatic carbocycles. The minimum absolute atomic E-state index is 0.0563. The zero-order valence-corrected chi connectivity index (χ0v) is 12.3. The first-order valence-corrected chi connectivity index (χ1v) is 6.69. The topological polar surface area (TPSA) is 70.8 Å². The van der Waals surface area contributed by atoms with Gasteiger partial charge in [-0.3, -0.25) is 4.79 Å². The summed E-state index contributed by atoms with van der Waals surface area (Å²) >= 11 is 0. The summed E-state index contributed by atoms with van der Waals surface area (Å²) in [5, 5.41) is 0. The van der Waals surface area contributed by atoms with E-state index in [1.54, 1.807) is 7.11 Å². The van der Waals surface area contributed by atoms with E-state index in [2.05, 4.69) is 4.74 Å². The molecule has 0 bridgehead atoms. The number of hydrogen-bond acceptors (Lipinski definition) is 5. The molecule has 0 radical (unpaired) electrons. The van der Waals surface area contributed by atoms with Crippen molar-refractivity contribution in [1.82, 2.24) is 0 Å². The van der Waals surface area contributed by atoms with Crippen LogP contribution in [0.2, 0.25) is 0 Å². The van der Waals surface area contributed by atoms with Crippen molar-refractivity contribution in [3.05, 3.63) is 23.8 Å². The third-order valence-corrected chi connectivity index (χ3v) is 2.83. The van der Waals surface area contributed by atoms with Crippen molar-refractivity contribution in [3.8, 4) is 11.5 Å². The molecule has 20 heavy (non-hydrogen) atoms. The van der Waals surface area contributed by atoms with E-state index in [1.807, 2.05) is 25.1 Å². The average molecular weight is 281 g/mol. The molecule has 5 nitrogen and oxygen atoms in total. The number of ether oxygens (including phenoxy) is 3. The van der Waals surface area contributed by atoms with Gasteiger partial charge in [-0.1, -0.05) is 6.07 Å². The molecule has 2 N–H and O–H groups in total. The Morgan fingerprint density at radius 2 is 2.10 bits per heavy atom. The fraction of sp³-hybridized carbons (Fsp3) is 0.533. The molecule has 0 aliphatic heterocycles. The molecule has 0 amide bonds. The van der Waals surface area contributed by atoms with Crippen molar-refractivity contribution in [1.29, 1.82) is 0 Å². The van der Waals surface area contributed by atoms with Crippen LogP contribution in [0.4, 0.5) is 0 Å². The molecular weight excluding hydrogens is 258 g/mol. The summed E-state index contributed by atoms with van der Waals surface area (Å²) in [4.78, 5) is 11.0. The van der Waals surface area contributed by atoms with Crippen LogP contribution in [-0.4, -0.2) is 32.8 Å². The first kappa shape index (κ1) is 16.3. The lowest BCUT2D eigenvalue weighted by atomic mass is 10.1. The van der Waals surface area contributed by atoms with Gasteiger partial charge in [-0.15, -0.1) is 0 Å². The van der Waals surface area contributed by atoms with Crippen molar-refractivity contribution >= 4 is 5.97 Å². The lowest BCUT2D eigenvalue weighted by Crippen LogP contribution is -2.18. The van der Waals surface area contributed by atoms with Gasteiger partial charge in [-0.2, -0.15) is 0 Å². The first-order valence-electron chi connectivity index (χ1n) is 6.69. The molecule has 1 unspecified atom stereocenters. The molecule has 1 rings (SSSR count). The van der Waals surface area contributed by atoms with Gasteiger partial charge in [0.15, 0.2) is 0 Å². The quantitative estimate of drug-likeness (QED) is 0.582. The molecule has 0 saturated carbocycles. The van der Waals surface area contributed by atoms with Gasteiger partial charge in [-0.05, 0) is 31.4 Å². The van der Waals surface area contributed by atoms with Gasteiger partial charge in [0.2, 0.25) is 0 Å². The van der Waals surface area contributed by atoms with E-state index in [4.69, 9.17) is 15.2 Å². The highest BCUT2D eigenvalue weighted by atomic mass is 16.5. The van der Waals surface area contributed by atoms with Crippen molar-refractivity contribution in [3.63, 3.8) is 0 Å². The van der Waals surface area contributed by atoms with E-state index < -0.39 is 0 Å². The van der Waals surface area contributed by atoms with Gasteiger partial charge in [0.25, 0.3) is 0 Å². The Bertz CT molecular complexity index is 432. The lowest BCUT2D eigenvalue weighted by molar-refractivity contribution is -0.140. The molecular formula is C15H23NO4. The van der Waals surface area contributed by atoms with Crippen LogP contribution in [-0.2, 0) is 16.0 Å². The van der Waals surface area contributed by atoms with E-state index in [0.29, 0.717) is 19.4 Å². The third kappa shape index (κ3) is 5.48. The molecule has 1 atom stereocenters. The van der Waals surface area contributed by atoms with Crippen LogP contribution in [0.3, 0.4) is 0 Å². The van der Waals surface area contributed by atoms with Crippen molar-refractivity contribution in [2.45, 2.75) is 32.2 Å². The minimum Gasteiger partial charge on any atom is -0.497 e. The number of rotatable bonds is 8. The van der Waals surface area contributed by atoms with Gasteiger partial charge in [0.1, 0.15) is 11.5 Å². The fourth-order valence-electron chi connectivity index (χ4n) is 1.81. The molecule has 1 aromatic rings. The molecule has 0 saturated heterocycles. The van der Waals surface area contributed by atoms with Crippen LogP contribution >= 0.6 is 0 Å². The van der Waals surface area contributed by atoms with Gasteiger partial charge in [0, 0.05) is 18.5 Å². The molecule has 112 valence electrons. The summed E-state index contributed by atoms with van der Waals surface area (Å²) in [6, 6.07) is 5.74. The number of esters is 1. The number of benzene rings is 1. The normalized spacial score (nSPS) is 11.8. The van der Waals surface area contributed by atoms with Gasteiger partial charge in [-0.25, -0.2) is 0 Å². The SMILES string of the molecule is COC(=O)CCCOc1cc(OC)ccc1CC(C)N. The molecule has 5 heteroatoms. The van der Waals surface area contributed by atoms with E-state index in [1.165, 1.54) is 7.11 Å². The number of carbonyl (C=O) groups is 1. The molecule has 0 aromatic heterocycles. The Morgan fingerprint density at radius 3 is 2.70 bits per heavy atom. The van der Waals surface area contributed by atoms with Gasteiger partial charge in [0.05, 0.1) is 20.8 Å². The lowest BCUT2D eigenvalue weighted by Gasteiger charge is -2.14.